The van der Waals surface area contributed by atoms with E-state index in [4.69, 9.17) is 14.2 Å². The summed E-state index contributed by atoms with van der Waals surface area (Å²) in [5, 5.41) is 6.33. The number of hydrazone groups is 1. The highest BCUT2D eigenvalue weighted by Gasteiger charge is 2.16. The van der Waals surface area contributed by atoms with E-state index in [9.17, 15) is 9.59 Å². The molecule has 0 saturated heterocycles. The van der Waals surface area contributed by atoms with Crippen molar-refractivity contribution in [2.24, 2.45) is 5.10 Å². The summed E-state index contributed by atoms with van der Waals surface area (Å²) in [6.45, 7) is 1.83. The first-order chi connectivity index (χ1) is 13.0. The van der Waals surface area contributed by atoms with Crippen molar-refractivity contribution in [3.8, 4) is 17.2 Å². The number of nitrogens with zero attached hydrogens (tertiary/aromatic N) is 1. The Hall–Kier alpha value is -3.55. The van der Waals surface area contributed by atoms with Crippen molar-refractivity contribution in [2.75, 3.05) is 26.6 Å². The minimum absolute atomic E-state index is 0.388. The number of hydrogen-bond donors (Lipinski definition) is 2. The maximum atomic E-state index is 12.0. The van der Waals surface area contributed by atoms with E-state index in [0.29, 0.717) is 28.5 Å². The molecule has 2 N–H and O–H groups in total. The highest BCUT2D eigenvalue weighted by molar-refractivity contribution is 6.39. The molecule has 0 aliphatic rings. The quantitative estimate of drug-likeness (QED) is 0.460. The molecule has 0 saturated carbocycles. The first kappa shape index (κ1) is 19.8. The molecule has 0 spiro atoms. The molecule has 0 atom stereocenters. The van der Waals surface area contributed by atoms with Crippen LogP contribution in [0.25, 0.3) is 0 Å². The Morgan fingerprint density at radius 2 is 1.63 bits per heavy atom. The maximum Gasteiger partial charge on any atom is 0.329 e. The van der Waals surface area contributed by atoms with Crippen molar-refractivity contribution >= 4 is 23.7 Å². The molecule has 0 radical (unpaired) electrons. The second-order valence-corrected chi connectivity index (χ2v) is 5.39. The zero-order valence-electron chi connectivity index (χ0n) is 15.5. The number of carbonyl (C=O) groups is 2. The van der Waals surface area contributed by atoms with E-state index in [-0.39, 0.29) is 0 Å². The van der Waals surface area contributed by atoms with Crippen LogP contribution in [0.1, 0.15) is 11.1 Å². The van der Waals surface area contributed by atoms with E-state index in [1.165, 1.54) is 27.5 Å². The molecule has 27 heavy (non-hydrogen) atoms. The summed E-state index contributed by atoms with van der Waals surface area (Å²) in [4.78, 5) is 23.9. The minimum Gasteiger partial charge on any atom is -0.493 e. The topological polar surface area (TPSA) is 98.2 Å². The van der Waals surface area contributed by atoms with Crippen LogP contribution in [0.15, 0.2) is 41.5 Å². The van der Waals surface area contributed by atoms with Crippen LogP contribution in [0.4, 0.5) is 5.69 Å². The monoisotopic (exact) mass is 371 g/mol. The Kier molecular flexibility index (Phi) is 6.76. The van der Waals surface area contributed by atoms with Crippen LogP contribution < -0.4 is 25.0 Å². The number of carbonyl (C=O) groups excluding carboxylic acids is 2. The zero-order valence-corrected chi connectivity index (χ0v) is 15.5. The molecular weight excluding hydrogens is 350 g/mol. The van der Waals surface area contributed by atoms with Gasteiger partial charge in [-0.15, -0.1) is 0 Å². The van der Waals surface area contributed by atoms with Crippen LogP contribution in [0, 0.1) is 6.92 Å². The molecule has 0 unspecified atom stereocenters. The van der Waals surface area contributed by atoms with Crippen LogP contribution in [-0.2, 0) is 9.59 Å². The van der Waals surface area contributed by atoms with Gasteiger partial charge in [-0.1, -0.05) is 18.2 Å². The molecule has 2 aromatic rings. The van der Waals surface area contributed by atoms with Gasteiger partial charge in [-0.2, -0.15) is 5.10 Å². The number of aryl methyl sites for hydroxylation is 1. The molecule has 0 bridgehead atoms. The summed E-state index contributed by atoms with van der Waals surface area (Å²) >= 11 is 0. The summed E-state index contributed by atoms with van der Waals surface area (Å²) in [5.41, 5.74) is 4.12. The van der Waals surface area contributed by atoms with Gasteiger partial charge in [-0.05, 0) is 30.7 Å². The highest BCUT2D eigenvalue weighted by atomic mass is 16.5. The van der Waals surface area contributed by atoms with Crippen LogP contribution in [0.5, 0.6) is 17.2 Å². The fourth-order valence-corrected chi connectivity index (χ4v) is 2.33. The van der Waals surface area contributed by atoms with Crippen LogP contribution >= 0.6 is 0 Å². The first-order valence-electron chi connectivity index (χ1n) is 8.00. The van der Waals surface area contributed by atoms with Gasteiger partial charge in [0.1, 0.15) is 0 Å². The normalized spacial score (nSPS) is 10.4. The van der Waals surface area contributed by atoms with Crippen molar-refractivity contribution in [2.45, 2.75) is 6.92 Å². The number of hydrogen-bond acceptors (Lipinski definition) is 6. The van der Waals surface area contributed by atoms with Crippen molar-refractivity contribution in [3.05, 3.63) is 47.5 Å². The van der Waals surface area contributed by atoms with Crippen molar-refractivity contribution in [1.82, 2.24) is 5.43 Å². The summed E-state index contributed by atoms with van der Waals surface area (Å²) in [7, 11) is 4.47. The van der Waals surface area contributed by atoms with Gasteiger partial charge in [0.2, 0.25) is 5.75 Å². The number of rotatable bonds is 6. The van der Waals surface area contributed by atoms with Gasteiger partial charge in [0.25, 0.3) is 0 Å². The Labute approximate surface area is 157 Å². The fourth-order valence-electron chi connectivity index (χ4n) is 2.33. The van der Waals surface area contributed by atoms with E-state index in [1.807, 2.05) is 19.1 Å². The minimum atomic E-state index is -0.894. The lowest BCUT2D eigenvalue weighted by atomic mass is 10.2. The zero-order chi connectivity index (χ0) is 19.8. The van der Waals surface area contributed by atoms with Crippen LogP contribution in [0.2, 0.25) is 0 Å². The Balaban J connectivity index is 2.07. The van der Waals surface area contributed by atoms with E-state index in [0.717, 1.165) is 5.56 Å². The molecule has 0 aliphatic carbocycles. The average molecular weight is 371 g/mol. The number of para-hydroxylation sites is 1. The predicted octanol–water partition coefficient (Wildman–Crippen LogP) is 2.11. The third-order valence-corrected chi connectivity index (χ3v) is 3.70. The van der Waals surface area contributed by atoms with Crippen LogP contribution in [0.3, 0.4) is 0 Å². The van der Waals surface area contributed by atoms with E-state index >= 15 is 0 Å². The van der Waals surface area contributed by atoms with Gasteiger partial charge in [0.05, 0.1) is 27.5 Å². The summed E-state index contributed by atoms with van der Waals surface area (Å²) < 4.78 is 15.8. The predicted molar refractivity (Wildman–Crippen MR) is 102 cm³/mol. The Morgan fingerprint density at radius 1 is 0.926 bits per heavy atom. The molecule has 0 fully saturated rings. The molecule has 2 amide bonds. The summed E-state index contributed by atoms with van der Waals surface area (Å²) in [5.74, 6) is -0.436. The molecule has 2 aromatic carbocycles. The largest absolute Gasteiger partial charge is 0.493 e. The number of amides is 2. The summed E-state index contributed by atoms with van der Waals surface area (Å²) in [6, 6.07) is 10.5. The van der Waals surface area contributed by atoms with Crippen molar-refractivity contribution in [1.29, 1.82) is 0 Å². The molecule has 8 heteroatoms. The smallest absolute Gasteiger partial charge is 0.329 e. The van der Waals surface area contributed by atoms with E-state index in [1.54, 1.807) is 24.3 Å². The number of ether oxygens (including phenoxy) is 3. The second-order valence-electron chi connectivity index (χ2n) is 5.39. The lowest BCUT2D eigenvalue weighted by molar-refractivity contribution is -0.136. The SMILES string of the molecule is COc1ccc(/C=N\NC(=O)C(=O)Nc2ccccc2C)c(OC)c1OC. The van der Waals surface area contributed by atoms with Crippen molar-refractivity contribution < 1.29 is 23.8 Å². The van der Waals surface area contributed by atoms with Gasteiger partial charge in [0, 0.05) is 11.3 Å². The number of nitrogens with one attached hydrogen (secondary N) is 2. The van der Waals surface area contributed by atoms with Gasteiger partial charge < -0.3 is 19.5 Å². The number of methoxy groups -OCH3 is 3. The lowest BCUT2D eigenvalue weighted by Gasteiger charge is -2.13. The maximum absolute atomic E-state index is 12.0. The lowest BCUT2D eigenvalue weighted by Crippen LogP contribution is -2.32. The Morgan fingerprint density at radius 3 is 2.26 bits per heavy atom. The molecule has 2 rings (SSSR count). The van der Waals surface area contributed by atoms with E-state index < -0.39 is 11.8 Å². The third-order valence-electron chi connectivity index (χ3n) is 3.70. The van der Waals surface area contributed by atoms with Gasteiger partial charge in [-0.25, -0.2) is 5.43 Å². The Bertz CT molecular complexity index is 864. The number of benzene rings is 2. The van der Waals surface area contributed by atoms with Crippen molar-refractivity contribution in [3.63, 3.8) is 0 Å². The second kappa shape index (κ2) is 9.23. The van der Waals surface area contributed by atoms with Gasteiger partial charge in [0.15, 0.2) is 11.5 Å². The standard InChI is InChI=1S/C19H21N3O5/c1-12-7-5-6-8-14(12)21-18(23)19(24)22-20-11-13-9-10-15(25-2)17(27-4)16(13)26-3/h5-11H,1-4H3,(H,21,23)(H,22,24)/b20-11-. The first-order valence-corrected chi connectivity index (χ1v) is 8.00. The summed E-state index contributed by atoms with van der Waals surface area (Å²) in [6.07, 6.45) is 1.35. The third kappa shape index (κ3) is 4.75. The molecule has 0 aliphatic heterocycles. The van der Waals surface area contributed by atoms with Crippen LogP contribution in [-0.4, -0.2) is 39.4 Å². The molecule has 0 heterocycles. The molecular formula is C19H21N3O5. The van der Waals surface area contributed by atoms with E-state index in [2.05, 4.69) is 15.8 Å². The number of anilines is 1. The molecule has 0 aromatic heterocycles. The fraction of sp³-hybridized carbons (Fsp3) is 0.211. The average Bonchev–Trinajstić information content (AvgIpc) is 2.68. The highest BCUT2D eigenvalue weighted by Crippen LogP contribution is 2.38. The van der Waals surface area contributed by atoms with Gasteiger partial charge in [-0.3, -0.25) is 9.59 Å². The molecule has 142 valence electrons. The molecule has 8 nitrogen and oxygen atoms in total. The van der Waals surface area contributed by atoms with Gasteiger partial charge >= 0.3 is 11.8 Å².